The normalized spacial score (nSPS) is 27.0. The van der Waals surface area contributed by atoms with Crippen molar-refractivity contribution in [3.63, 3.8) is 0 Å². The van der Waals surface area contributed by atoms with Gasteiger partial charge in [-0.25, -0.2) is 0 Å². The fourth-order valence-corrected chi connectivity index (χ4v) is 3.04. The molecule has 0 aliphatic heterocycles. The molecular formula is C16H23NO2. The molecule has 0 radical (unpaired) electrons. The molecule has 19 heavy (non-hydrogen) atoms. The number of ether oxygens (including phenoxy) is 1. The molecule has 104 valence electrons. The second-order valence-electron chi connectivity index (χ2n) is 5.77. The van der Waals surface area contributed by atoms with Crippen LogP contribution in [0.3, 0.4) is 0 Å². The number of carbonyl (C=O) groups excluding carboxylic acids is 1. The molecule has 1 fully saturated rings. The summed E-state index contributed by atoms with van der Waals surface area (Å²) in [5, 5.41) is 0. The van der Waals surface area contributed by atoms with Crippen LogP contribution in [0.5, 0.6) is 5.75 Å². The number of para-hydroxylation sites is 1. The van der Waals surface area contributed by atoms with Gasteiger partial charge in [-0.3, -0.25) is 4.79 Å². The first-order valence-corrected chi connectivity index (χ1v) is 6.99. The lowest BCUT2D eigenvalue weighted by molar-refractivity contribution is -0.125. The van der Waals surface area contributed by atoms with Crippen LogP contribution in [0.15, 0.2) is 24.3 Å². The van der Waals surface area contributed by atoms with E-state index in [4.69, 9.17) is 10.5 Å². The lowest BCUT2D eigenvalue weighted by atomic mass is 9.73. The van der Waals surface area contributed by atoms with Crippen LogP contribution in [-0.4, -0.2) is 18.4 Å². The lowest BCUT2D eigenvalue weighted by Gasteiger charge is -2.35. The van der Waals surface area contributed by atoms with Crippen molar-refractivity contribution in [3.05, 3.63) is 29.8 Å². The zero-order chi connectivity index (χ0) is 13.9. The van der Waals surface area contributed by atoms with E-state index in [1.165, 1.54) is 6.42 Å². The molecule has 1 aromatic rings. The number of carbonyl (C=O) groups is 1. The number of ketones is 1. The van der Waals surface area contributed by atoms with Gasteiger partial charge >= 0.3 is 0 Å². The van der Waals surface area contributed by atoms with E-state index in [1.807, 2.05) is 24.3 Å². The Kier molecular flexibility index (Phi) is 4.25. The van der Waals surface area contributed by atoms with Crippen LogP contribution in [0, 0.1) is 5.92 Å². The molecule has 3 heteroatoms. The Morgan fingerprint density at radius 1 is 1.47 bits per heavy atom. The smallest absolute Gasteiger partial charge is 0.157 e. The number of hydrogen-bond acceptors (Lipinski definition) is 3. The van der Waals surface area contributed by atoms with Crippen LogP contribution in [-0.2, 0) is 11.2 Å². The van der Waals surface area contributed by atoms with Crippen molar-refractivity contribution in [2.75, 3.05) is 7.11 Å². The van der Waals surface area contributed by atoms with Crippen LogP contribution in [0.25, 0.3) is 0 Å². The molecule has 0 bridgehead atoms. The molecule has 0 heterocycles. The number of methoxy groups -OCH3 is 1. The predicted octanol–water partition coefficient (Wildman–Crippen LogP) is 2.71. The third-order valence-corrected chi connectivity index (χ3v) is 4.13. The highest BCUT2D eigenvalue weighted by atomic mass is 16.5. The number of Topliss-reactive ketones (excluding diaryl/α,β-unsaturated/α-hetero) is 1. The van der Waals surface area contributed by atoms with Gasteiger partial charge in [0, 0.05) is 12.0 Å². The van der Waals surface area contributed by atoms with E-state index in [2.05, 4.69) is 6.92 Å². The van der Waals surface area contributed by atoms with Gasteiger partial charge in [0.15, 0.2) is 5.78 Å². The first kappa shape index (κ1) is 14.1. The average Bonchev–Trinajstić information content (AvgIpc) is 2.39. The predicted molar refractivity (Wildman–Crippen MR) is 76.3 cm³/mol. The summed E-state index contributed by atoms with van der Waals surface area (Å²) in [5.41, 5.74) is 6.63. The Labute approximate surface area is 115 Å². The van der Waals surface area contributed by atoms with Crippen molar-refractivity contribution in [1.82, 2.24) is 0 Å². The Hall–Kier alpha value is -1.35. The van der Waals surface area contributed by atoms with E-state index in [0.29, 0.717) is 12.3 Å². The highest BCUT2D eigenvalue weighted by Gasteiger charge is 2.37. The molecule has 2 unspecified atom stereocenters. The summed E-state index contributed by atoms with van der Waals surface area (Å²) in [5.74, 6) is 1.45. The minimum Gasteiger partial charge on any atom is -0.496 e. The highest BCUT2D eigenvalue weighted by Crippen LogP contribution is 2.32. The van der Waals surface area contributed by atoms with Gasteiger partial charge < -0.3 is 10.5 Å². The SMILES string of the molecule is COc1ccccc1CC(=O)C1(N)CCCC(C)C1. The van der Waals surface area contributed by atoms with Crippen LogP contribution < -0.4 is 10.5 Å². The van der Waals surface area contributed by atoms with E-state index in [0.717, 1.165) is 30.6 Å². The maximum atomic E-state index is 12.5. The number of rotatable bonds is 4. The maximum absolute atomic E-state index is 12.5. The minimum atomic E-state index is -0.640. The van der Waals surface area contributed by atoms with Gasteiger partial charge in [-0.2, -0.15) is 0 Å². The summed E-state index contributed by atoms with van der Waals surface area (Å²) >= 11 is 0. The molecule has 1 aromatic carbocycles. The third kappa shape index (κ3) is 3.16. The largest absolute Gasteiger partial charge is 0.496 e. The quantitative estimate of drug-likeness (QED) is 0.906. The molecule has 2 N–H and O–H groups in total. The van der Waals surface area contributed by atoms with Crippen molar-refractivity contribution in [2.24, 2.45) is 11.7 Å². The molecule has 0 saturated heterocycles. The molecule has 1 aliphatic carbocycles. The van der Waals surface area contributed by atoms with Gasteiger partial charge in [0.25, 0.3) is 0 Å². The molecule has 2 rings (SSSR count). The molecule has 1 saturated carbocycles. The van der Waals surface area contributed by atoms with E-state index < -0.39 is 5.54 Å². The monoisotopic (exact) mass is 261 g/mol. The van der Waals surface area contributed by atoms with Crippen LogP contribution in [0.1, 0.15) is 38.2 Å². The molecule has 0 amide bonds. The average molecular weight is 261 g/mol. The van der Waals surface area contributed by atoms with Crippen molar-refractivity contribution < 1.29 is 9.53 Å². The molecular weight excluding hydrogens is 238 g/mol. The Balaban J connectivity index is 2.12. The van der Waals surface area contributed by atoms with Gasteiger partial charge in [0.1, 0.15) is 5.75 Å². The minimum absolute atomic E-state index is 0.142. The first-order chi connectivity index (χ1) is 9.05. The van der Waals surface area contributed by atoms with Gasteiger partial charge in [-0.05, 0) is 24.8 Å². The second-order valence-corrected chi connectivity index (χ2v) is 5.77. The Morgan fingerprint density at radius 3 is 2.89 bits per heavy atom. The van der Waals surface area contributed by atoms with Crippen LogP contribution in [0.4, 0.5) is 0 Å². The van der Waals surface area contributed by atoms with Crippen molar-refractivity contribution in [2.45, 2.75) is 44.6 Å². The van der Waals surface area contributed by atoms with E-state index in [1.54, 1.807) is 7.11 Å². The zero-order valence-electron chi connectivity index (χ0n) is 11.8. The van der Waals surface area contributed by atoms with Crippen LogP contribution in [0.2, 0.25) is 0 Å². The standard InChI is InChI=1S/C16H23NO2/c1-12-6-5-9-16(17,11-12)15(18)10-13-7-3-4-8-14(13)19-2/h3-4,7-8,12H,5-6,9-11,17H2,1-2H3. The third-order valence-electron chi connectivity index (χ3n) is 4.13. The van der Waals surface area contributed by atoms with Gasteiger partial charge in [0.05, 0.1) is 12.6 Å². The van der Waals surface area contributed by atoms with E-state index in [9.17, 15) is 4.79 Å². The Morgan fingerprint density at radius 2 is 2.21 bits per heavy atom. The lowest BCUT2D eigenvalue weighted by Crippen LogP contribution is -2.51. The maximum Gasteiger partial charge on any atom is 0.157 e. The van der Waals surface area contributed by atoms with Gasteiger partial charge in [-0.1, -0.05) is 38.0 Å². The molecule has 1 aliphatic rings. The molecule has 0 aromatic heterocycles. The topological polar surface area (TPSA) is 52.3 Å². The molecule has 0 spiro atoms. The molecule has 2 atom stereocenters. The van der Waals surface area contributed by atoms with E-state index >= 15 is 0 Å². The number of nitrogens with two attached hydrogens (primary N) is 1. The second kappa shape index (κ2) is 5.74. The van der Waals surface area contributed by atoms with Crippen molar-refractivity contribution in [3.8, 4) is 5.75 Å². The fourth-order valence-electron chi connectivity index (χ4n) is 3.04. The summed E-state index contributed by atoms with van der Waals surface area (Å²) in [7, 11) is 1.63. The summed E-state index contributed by atoms with van der Waals surface area (Å²) in [6.07, 6.45) is 4.22. The summed E-state index contributed by atoms with van der Waals surface area (Å²) in [4.78, 5) is 12.5. The summed E-state index contributed by atoms with van der Waals surface area (Å²) in [6, 6.07) is 7.66. The van der Waals surface area contributed by atoms with Crippen molar-refractivity contribution in [1.29, 1.82) is 0 Å². The van der Waals surface area contributed by atoms with Crippen molar-refractivity contribution >= 4 is 5.78 Å². The zero-order valence-corrected chi connectivity index (χ0v) is 11.8. The van der Waals surface area contributed by atoms with E-state index in [-0.39, 0.29) is 5.78 Å². The summed E-state index contributed by atoms with van der Waals surface area (Å²) in [6.45, 7) is 2.18. The Bertz CT molecular complexity index is 458. The fraction of sp³-hybridized carbons (Fsp3) is 0.562. The van der Waals surface area contributed by atoms with Gasteiger partial charge in [-0.15, -0.1) is 0 Å². The highest BCUT2D eigenvalue weighted by molar-refractivity contribution is 5.90. The number of hydrogen-bond donors (Lipinski definition) is 1. The summed E-state index contributed by atoms with van der Waals surface area (Å²) < 4.78 is 5.29. The number of benzene rings is 1. The molecule has 3 nitrogen and oxygen atoms in total. The van der Waals surface area contributed by atoms with Gasteiger partial charge in [0.2, 0.25) is 0 Å². The van der Waals surface area contributed by atoms with Crippen LogP contribution >= 0.6 is 0 Å². The first-order valence-electron chi connectivity index (χ1n) is 6.99.